The summed E-state index contributed by atoms with van der Waals surface area (Å²) in [6.45, 7) is 1.13. The van der Waals surface area contributed by atoms with Crippen LogP contribution < -0.4 is 10.1 Å². The summed E-state index contributed by atoms with van der Waals surface area (Å²) in [5.74, 6) is -0.223. The van der Waals surface area contributed by atoms with Gasteiger partial charge in [0.15, 0.2) is 0 Å². The van der Waals surface area contributed by atoms with Crippen molar-refractivity contribution in [1.82, 2.24) is 0 Å². The topological polar surface area (TPSA) is 58.6 Å². The molecular weight excluding hydrogens is 350 g/mol. The Bertz CT molecular complexity index is 880. The number of halogens is 1. The average Bonchev–Trinajstić information content (AvgIpc) is 2.66. The van der Waals surface area contributed by atoms with E-state index in [-0.39, 0.29) is 10.6 Å². The van der Waals surface area contributed by atoms with Crippen LogP contribution in [0, 0.1) is 0 Å². The molecule has 0 aliphatic rings. The number of hydrogen-bond donors (Lipinski definition) is 2. The van der Waals surface area contributed by atoms with Gasteiger partial charge in [-0.3, -0.25) is 0 Å². The average molecular weight is 368 g/mol. The molecule has 0 aromatic heterocycles. The highest BCUT2D eigenvalue weighted by Gasteiger charge is 2.08. The number of ether oxygens (including phenoxy) is 1. The summed E-state index contributed by atoms with van der Waals surface area (Å²) >= 11 is 5.97. The molecule has 0 radical (unpaired) electrons. The highest BCUT2D eigenvalue weighted by Crippen LogP contribution is 2.22. The van der Waals surface area contributed by atoms with E-state index in [0.717, 1.165) is 22.6 Å². The fraction of sp³-hybridized carbons (Fsp3) is 0.0952. The lowest BCUT2D eigenvalue weighted by atomic mass is 10.2. The second kappa shape index (κ2) is 8.41. The minimum atomic E-state index is -1.03. The zero-order valence-corrected chi connectivity index (χ0v) is 14.7. The molecule has 0 atom stereocenters. The second-order valence-electron chi connectivity index (χ2n) is 5.77. The highest BCUT2D eigenvalue weighted by atomic mass is 35.5. The molecular formula is C21H18ClNO3. The largest absolute Gasteiger partial charge is 0.489 e. The van der Waals surface area contributed by atoms with E-state index in [4.69, 9.17) is 21.4 Å². The van der Waals surface area contributed by atoms with E-state index < -0.39 is 5.97 Å². The number of carboxylic acid groups (broad SMARTS) is 1. The summed E-state index contributed by atoms with van der Waals surface area (Å²) in [5.41, 5.74) is 3.07. The molecule has 3 aromatic rings. The molecule has 0 saturated carbocycles. The van der Waals surface area contributed by atoms with E-state index in [0.29, 0.717) is 13.2 Å². The first kappa shape index (κ1) is 17.8. The van der Waals surface area contributed by atoms with Gasteiger partial charge in [0, 0.05) is 12.2 Å². The summed E-state index contributed by atoms with van der Waals surface area (Å²) in [4.78, 5) is 11.0. The molecule has 3 rings (SSSR count). The molecule has 0 saturated heterocycles. The van der Waals surface area contributed by atoms with Crippen molar-refractivity contribution in [3.05, 3.63) is 94.5 Å². The summed E-state index contributed by atoms with van der Waals surface area (Å²) in [6, 6.07) is 22.7. The quantitative estimate of drug-likeness (QED) is 0.600. The summed E-state index contributed by atoms with van der Waals surface area (Å²) in [6.07, 6.45) is 0. The van der Waals surface area contributed by atoms with E-state index >= 15 is 0 Å². The van der Waals surface area contributed by atoms with Crippen LogP contribution in [0.5, 0.6) is 5.75 Å². The molecule has 0 unspecified atom stereocenters. The van der Waals surface area contributed by atoms with Gasteiger partial charge >= 0.3 is 5.97 Å². The SMILES string of the molecule is O=C(O)c1ccc(NCc2ccc(OCc3ccccc3)cc2)cc1Cl. The first-order chi connectivity index (χ1) is 12.6. The van der Waals surface area contributed by atoms with Gasteiger partial charge in [-0.2, -0.15) is 0 Å². The summed E-state index contributed by atoms with van der Waals surface area (Å²) in [7, 11) is 0. The lowest BCUT2D eigenvalue weighted by Crippen LogP contribution is -2.02. The third kappa shape index (κ3) is 4.77. The van der Waals surface area contributed by atoms with Crippen molar-refractivity contribution in [3.8, 4) is 5.75 Å². The number of anilines is 1. The molecule has 3 aromatic carbocycles. The lowest BCUT2D eigenvalue weighted by molar-refractivity contribution is 0.0697. The van der Waals surface area contributed by atoms with Gasteiger partial charge in [-0.1, -0.05) is 54.1 Å². The number of benzene rings is 3. The molecule has 0 amide bonds. The fourth-order valence-corrected chi connectivity index (χ4v) is 2.71. The van der Waals surface area contributed by atoms with Crippen molar-refractivity contribution in [2.45, 2.75) is 13.2 Å². The van der Waals surface area contributed by atoms with E-state index in [9.17, 15) is 4.79 Å². The van der Waals surface area contributed by atoms with Gasteiger partial charge in [-0.05, 0) is 41.5 Å². The van der Waals surface area contributed by atoms with Gasteiger partial charge in [-0.15, -0.1) is 0 Å². The van der Waals surface area contributed by atoms with Crippen molar-refractivity contribution < 1.29 is 14.6 Å². The van der Waals surface area contributed by atoms with Crippen LogP contribution >= 0.6 is 11.6 Å². The minimum Gasteiger partial charge on any atom is -0.489 e. The third-order valence-corrected chi connectivity index (χ3v) is 4.18. The van der Waals surface area contributed by atoms with Crippen LogP contribution in [0.2, 0.25) is 5.02 Å². The predicted molar refractivity (Wildman–Crippen MR) is 103 cm³/mol. The van der Waals surface area contributed by atoms with Crippen molar-refractivity contribution in [2.75, 3.05) is 5.32 Å². The summed E-state index contributed by atoms with van der Waals surface area (Å²) in [5, 5.41) is 12.4. The Balaban J connectivity index is 1.54. The van der Waals surface area contributed by atoms with Crippen molar-refractivity contribution >= 4 is 23.3 Å². The molecule has 0 heterocycles. The molecule has 0 bridgehead atoms. The van der Waals surface area contributed by atoms with E-state index in [2.05, 4.69) is 5.32 Å². The molecule has 0 fully saturated rings. The van der Waals surface area contributed by atoms with Gasteiger partial charge in [-0.25, -0.2) is 4.79 Å². The van der Waals surface area contributed by atoms with Crippen LogP contribution in [-0.2, 0) is 13.2 Å². The predicted octanol–water partition coefficient (Wildman–Crippen LogP) is 5.23. The van der Waals surface area contributed by atoms with Gasteiger partial charge in [0.05, 0.1) is 10.6 Å². The maximum Gasteiger partial charge on any atom is 0.337 e. The highest BCUT2D eigenvalue weighted by molar-refractivity contribution is 6.33. The van der Waals surface area contributed by atoms with Gasteiger partial charge < -0.3 is 15.2 Å². The van der Waals surface area contributed by atoms with Crippen LogP contribution in [0.15, 0.2) is 72.8 Å². The van der Waals surface area contributed by atoms with E-state index in [1.807, 2.05) is 54.6 Å². The number of aromatic carboxylic acids is 1. The molecule has 26 heavy (non-hydrogen) atoms. The third-order valence-electron chi connectivity index (χ3n) is 3.87. The number of nitrogens with one attached hydrogen (secondary N) is 1. The van der Waals surface area contributed by atoms with E-state index in [1.54, 1.807) is 12.1 Å². The fourth-order valence-electron chi connectivity index (χ4n) is 2.45. The first-order valence-electron chi connectivity index (χ1n) is 8.14. The maximum atomic E-state index is 11.0. The first-order valence-corrected chi connectivity index (χ1v) is 8.52. The molecule has 2 N–H and O–H groups in total. The Morgan fingerprint density at radius 3 is 2.35 bits per heavy atom. The standard InChI is InChI=1S/C21H18ClNO3/c22-20-12-17(8-11-19(20)21(24)25)23-13-15-6-9-18(10-7-15)26-14-16-4-2-1-3-5-16/h1-12,23H,13-14H2,(H,24,25). The van der Waals surface area contributed by atoms with Crippen LogP contribution in [0.3, 0.4) is 0 Å². The monoisotopic (exact) mass is 367 g/mol. The van der Waals surface area contributed by atoms with Gasteiger partial charge in [0.2, 0.25) is 0 Å². The van der Waals surface area contributed by atoms with Crippen LogP contribution in [0.4, 0.5) is 5.69 Å². The summed E-state index contributed by atoms with van der Waals surface area (Å²) < 4.78 is 5.77. The molecule has 0 aliphatic carbocycles. The Hall–Kier alpha value is -2.98. The van der Waals surface area contributed by atoms with Crippen molar-refractivity contribution in [1.29, 1.82) is 0 Å². The number of carbonyl (C=O) groups is 1. The normalized spacial score (nSPS) is 10.3. The van der Waals surface area contributed by atoms with Crippen molar-refractivity contribution in [3.63, 3.8) is 0 Å². The van der Waals surface area contributed by atoms with Crippen LogP contribution in [-0.4, -0.2) is 11.1 Å². The number of hydrogen-bond acceptors (Lipinski definition) is 3. The van der Waals surface area contributed by atoms with Crippen LogP contribution in [0.25, 0.3) is 0 Å². The molecule has 132 valence electrons. The molecule has 4 nitrogen and oxygen atoms in total. The van der Waals surface area contributed by atoms with E-state index in [1.165, 1.54) is 6.07 Å². The van der Waals surface area contributed by atoms with Crippen molar-refractivity contribution in [2.24, 2.45) is 0 Å². The molecule has 0 aliphatic heterocycles. The minimum absolute atomic E-state index is 0.0946. The Morgan fingerprint density at radius 1 is 0.962 bits per heavy atom. The van der Waals surface area contributed by atoms with Gasteiger partial charge in [0.25, 0.3) is 0 Å². The Labute approximate surface area is 157 Å². The number of carboxylic acids is 1. The zero-order valence-electron chi connectivity index (χ0n) is 14.0. The molecule has 5 heteroatoms. The smallest absolute Gasteiger partial charge is 0.337 e. The second-order valence-corrected chi connectivity index (χ2v) is 6.18. The molecule has 0 spiro atoms. The van der Waals surface area contributed by atoms with Crippen LogP contribution in [0.1, 0.15) is 21.5 Å². The Kier molecular flexibility index (Phi) is 5.77. The Morgan fingerprint density at radius 2 is 1.69 bits per heavy atom. The maximum absolute atomic E-state index is 11.0. The zero-order chi connectivity index (χ0) is 18.4. The number of rotatable bonds is 7. The lowest BCUT2D eigenvalue weighted by Gasteiger charge is -2.10. The van der Waals surface area contributed by atoms with Gasteiger partial charge in [0.1, 0.15) is 12.4 Å².